The summed E-state index contributed by atoms with van der Waals surface area (Å²) in [5.74, 6) is 0. The van der Waals surface area contributed by atoms with Crippen molar-refractivity contribution in [1.29, 1.82) is 0 Å². The normalized spacial score (nSPS) is 10.9. The van der Waals surface area contributed by atoms with E-state index in [0.29, 0.717) is 6.54 Å². The van der Waals surface area contributed by atoms with Gasteiger partial charge < -0.3 is 5.11 Å². The van der Waals surface area contributed by atoms with Crippen LogP contribution in [0.5, 0.6) is 0 Å². The van der Waals surface area contributed by atoms with Crippen molar-refractivity contribution in [3.63, 3.8) is 0 Å². The highest BCUT2D eigenvalue weighted by Crippen LogP contribution is 2.17. The highest BCUT2D eigenvalue weighted by Gasteiger charge is 2.02. The number of aliphatic hydroxyl groups excluding tert-OH is 1. The molecule has 0 fully saturated rings. The highest BCUT2D eigenvalue weighted by molar-refractivity contribution is 9.10. The fraction of sp³-hybridized carbons (Fsp3) is 0.250. The average molecular weight is 242 g/mol. The minimum Gasteiger partial charge on any atom is -0.394 e. The predicted octanol–water partition coefficient (Wildman–Crippen LogP) is 1.19. The van der Waals surface area contributed by atoms with Crippen molar-refractivity contribution >= 4 is 27.0 Å². The molecule has 0 saturated heterocycles. The number of aromatic nitrogens is 3. The first kappa shape index (κ1) is 8.65. The SMILES string of the molecule is OCCn1nnc2cc(Br)ccc21. The molecule has 0 saturated carbocycles. The van der Waals surface area contributed by atoms with Crippen LogP contribution in [-0.2, 0) is 6.54 Å². The topological polar surface area (TPSA) is 50.9 Å². The van der Waals surface area contributed by atoms with Crippen molar-refractivity contribution in [2.45, 2.75) is 6.54 Å². The maximum atomic E-state index is 8.75. The van der Waals surface area contributed by atoms with Crippen molar-refractivity contribution in [2.24, 2.45) is 0 Å². The van der Waals surface area contributed by atoms with Gasteiger partial charge in [-0.15, -0.1) is 5.10 Å². The predicted molar refractivity (Wildman–Crippen MR) is 52.3 cm³/mol. The monoisotopic (exact) mass is 241 g/mol. The maximum absolute atomic E-state index is 8.75. The van der Waals surface area contributed by atoms with Crippen LogP contribution in [0.1, 0.15) is 0 Å². The average Bonchev–Trinajstić information content (AvgIpc) is 2.49. The van der Waals surface area contributed by atoms with Gasteiger partial charge in [0, 0.05) is 4.47 Å². The van der Waals surface area contributed by atoms with E-state index >= 15 is 0 Å². The maximum Gasteiger partial charge on any atom is 0.114 e. The fourth-order valence-corrected chi connectivity index (χ4v) is 1.55. The van der Waals surface area contributed by atoms with Gasteiger partial charge in [-0.05, 0) is 18.2 Å². The Hall–Kier alpha value is -0.940. The second-order valence-corrected chi connectivity index (χ2v) is 3.58. The molecule has 5 heteroatoms. The Morgan fingerprint density at radius 3 is 3.08 bits per heavy atom. The molecule has 68 valence electrons. The van der Waals surface area contributed by atoms with Gasteiger partial charge in [0.2, 0.25) is 0 Å². The molecule has 0 aliphatic rings. The quantitative estimate of drug-likeness (QED) is 0.860. The summed E-state index contributed by atoms with van der Waals surface area (Å²) >= 11 is 3.35. The molecule has 1 aromatic carbocycles. The van der Waals surface area contributed by atoms with Crippen molar-refractivity contribution in [2.75, 3.05) is 6.61 Å². The number of benzene rings is 1. The van der Waals surface area contributed by atoms with Gasteiger partial charge in [-0.3, -0.25) is 0 Å². The minimum atomic E-state index is 0.0779. The standard InChI is InChI=1S/C8H8BrN3O/c9-6-1-2-8-7(5-6)10-11-12(8)3-4-13/h1-2,5,13H,3-4H2. The second kappa shape index (κ2) is 3.43. The molecule has 0 aliphatic carbocycles. The summed E-state index contributed by atoms with van der Waals surface area (Å²) in [5.41, 5.74) is 1.78. The molecule has 1 aromatic heterocycles. The van der Waals surface area contributed by atoms with E-state index in [2.05, 4.69) is 26.2 Å². The van der Waals surface area contributed by atoms with Crippen LogP contribution in [-0.4, -0.2) is 26.7 Å². The zero-order valence-electron chi connectivity index (χ0n) is 6.81. The summed E-state index contributed by atoms with van der Waals surface area (Å²) in [6.07, 6.45) is 0. The summed E-state index contributed by atoms with van der Waals surface area (Å²) in [4.78, 5) is 0. The molecule has 0 amide bonds. The molecule has 2 aromatic rings. The van der Waals surface area contributed by atoms with E-state index in [1.165, 1.54) is 0 Å². The lowest BCUT2D eigenvalue weighted by Crippen LogP contribution is -2.03. The number of nitrogens with zero attached hydrogens (tertiary/aromatic N) is 3. The lowest BCUT2D eigenvalue weighted by atomic mass is 10.3. The first-order valence-electron chi connectivity index (χ1n) is 3.91. The van der Waals surface area contributed by atoms with Gasteiger partial charge in [-0.2, -0.15) is 0 Å². The number of aliphatic hydroxyl groups is 1. The van der Waals surface area contributed by atoms with E-state index in [-0.39, 0.29) is 6.61 Å². The van der Waals surface area contributed by atoms with Crippen LogP contribution in [0.15, 0.2) is 22.7 Å². The Kier molecular flexibility index (Phi) is 2.28. The van der Waals surface area contributed by atoms with Gasteiger partial charge in [-0.1, -0.05) is 21.1 Å². The van der Waals surface area contributed by atoms with Crippen LogP contribution in [0.2, 0.25) is 0 Å². The molecule has 0 atom stereocenters. The van der Waals surface area contributed by atoms with Crippen LogP contribution in [0.25, 0.3) is 11.0 Å². The van der Waals surface area contributed by atoms with Crippen LogP contribution >= 0.6 is 15.9 Å². The van der Waals surface area contributed by atoms with Crippen LogP contribution in [0.4, 0.5) is 0 Å². The molecule has 2 rings (SSSR count). The van der Waals surface area contributed by atoms with Crippen molar-refractivity contribution in [1.82, 2.24) is 15.0 Å². The Labute approximate surface area is 83.3 Å². The van der Waals surface area contributed by atoms with Crippen LogP contribution < -0.4 is 0 Å². The van der Waals surface area contributed by atoms with E-state index in [1.54, 1.807) is 4.68 Å². The van der Waals surface area contributed by atoms with Crippen molar-refractivity contribution in [3.8, 4) is 0 Å². The smallest absolute Gasteiger partial charge is 0.114 e. The molecule has 0 radical (unpaired) electrons. The molecule has 1 heterocycles. The molecule has 13 heavy (non-hydrogen) atoms. The summed E-state index contributed by atoms with van der Waals surface area (Å²) in [6, 6.07) is 5.75. The Morgan fingerprint density at radius 2 is 2.31 bits per heavy atom. The van der Waals surface area contributed by atoms with Gasteiger partial charge in [0.1, 0.15) is 5.52 Å². The Morgan fingerprint density at radius 1 is 1.46 bits per heavy atom. The van der Waals surface area contributed by atoms with Gasteiger partial charge in [-0.25, -0.2) is 4.68 Å². The summed E-state index contributed by atoms with van der Waals surface area (Å²) < 4.78 is 2.66. The Balaban J connectivity index is 2.55. The van der Waals surface area contributed by atoms with E-state index in [0.717, 1.165) is 15.5 Å². The van der Waals surface area contributed by atoms with Gasteiger partial charge in [0.15, 0.2) is 0 Å². The van der Waals surface area contributed by atoms with Crippen molar-refractivity contribution in [3.05, 3.63) is 22.7 Å². The van der Waals surface area contributed by atoms with Gasteiger partial charge >= 0.3 is 0 Å². The number of rotatable bonds is 2. The zero-order valence-corrected chi connectivity index (χ0v) is 8.40. The molecule has 0 spiro atoms. The number of hydrogen-bond acceptors (Lipinski definition) is 3. The number of hydrogen-bond donors (Lipinski definition) is 1. The van der Waals surface area contributed by atoms with Crippen LogP contribution in [0.3, 0.4) is 0 Å². The molecule has 4 nitrogen and oxygen atoms in total. The largest absolute Gasteiger partial charge is 0.394 e. The number of fused-ring (bicyclic) bond motifs is 1. The third-order valence-electron chi connectivity index (χ3n) is 1.79. The molecular weight excluding hydrogens is 234 g/mol. The first-order valence-corrected chi connectivity index (χ1v) is 4.70. The van der Waals surface area contributed by atoms with E-state index < -0.39 is 0 Å². The third kappa shape index (κ3) is 1.57. The van der Waals surface area contributed by atoms with E-state index in [9.17, 15) is 0 Å². The summed E-state index contributed by atoms with van der Waals surface area (Å²) in [5, 5.41) is 16.6. The van der Waals surface area contributed by atoms with Gasteiger partial charge in [0.25, 0.3) is 0 Å². The van der Waals surface area contributed by atoms with E-state index in [4.69, 9.17) is 5.11 Å². The molecule has 0 aliphatic heterocycles. The fourth-order valence-electron chi connectivity index (χ4n) is 1.21. The van der Waals surface area contributed by atoms with E-state index in [1.807, 2.05) is 18.2 Å². The third-order valence-corrected chi connectivity index (χ3v) is 2.28. The minimum absolute atomic E-state index is 0.0779. The van der Waals surface area contributed by atoms with Crippen molar-refractivity contribution < 1.29 is 5.11 Å². The number of halogens is 1. The Bertz CT molecular complexity index is 426. The second-order valence-electron chi connectivity index (χ2n) is 2.67. The molecule has 0 unspecified atom stereocenters. The molecule has 1 N–H and O–H groups in total. The summed E-state index contributed by atoms with van der Waals surface area (Å²) in [6.45, 7) is 0.562. The highest BCUT2D eigenvalue weighted by atomic mass is 79.9. The lowest BCUT2D eigenvalue weighted by molar-refractivity contribution is 0.270. The lowest BCUT2D eigenvalue weighted by Gasteiger charge is -1.97. The first-order chi connectivity index (χ1) is 6.31. The molecule has 0 bridgehead atoms. The van der Waals surface area contributed by atoms with Gasteiger partial charge in [0.05, 0.1) is 18.7 Å². The molecular formula is C8H8BrN3O. The zero-order chi connectivity index (χ0) is 9.26. The van der Waals surface area contributed by atoms with Crippen LogP contribution in [0, 0.1) is 0 Å². The summed E-state index contributed by atoms with van der Waals surface area (Å²) in [7, 11) is 0.